The van der Waals surface area contributed by atoms with E-state index in [0.29, 0.717) is 5.89 Å². The van der Waals surface area contributed by atoms with Gasteiger partial charge in [-0.25, -0.2) is 4.98 Å². The predicted molar refractivity (Wildman–Crippen MR) is 109 cm³/mol. The van der Waals surface area contributed by atoms with Crippen molar-refractivity contribution in [1.29, 1.82) is 0 Å². The molecule has 1 atom stereocenters. The molecule has 5 heteroatoms. The number of amides is 1. The molecule has 0 fully saturated rings. The number of rotatable bonds is 7. The molecule has 0 aliphatic rings. The van der Waals surface area contributed by atoms with Gasteiger partial charge in [0.1, 0.15) is 11.6 Å². The van der Waals surface area contributed by atoms with E-state index in [1.54, 1.807) is 0 Å². The second-order valence-corrected chi connectivity index (χ2v) is 6.91. The molecule has 1 amide bonds. The van der Waals surface area contributed by atoms with Crippen LogP contribution >= 0.6 is 0 Å². The smallest absolute Gasteiger partial charge is 0.246 e. The Morgan fingerprint density at radius 3 is 2.44 bits per heavy atom. The largest absolute Gasteiger partial charge is 0.440 e. The lowest BCUT2D eigenvalue weighted by Gasteiger charge is -2.29. The quantitative estimate of drug-likeness (QED) is 0.642. The minimum absolute atomic E-state index is 0.0446. The normalized spacial score (nSPS) is 12.7. The third-order valence-corrected chi connectivity index (χ3v) is 4.71. The van der Waals surface area contributed by atoms with Crippen molar-refractivity contribution in [2.24, 2.45) is 0 Å². The first kappa shape index (κ1) is 19.1. The van der Waals surface area contributed by atoms with Crippen molar-refractivity contribution in [3.05, 3.63) is 60.0 Å². The topological polar surface area (TPSA) is 58.4 Å². The maximum Gasteiger partial charge on any atom is 0.246 e. The first-order chi connectivity index (χ1) is 13.0. The zero-order valence-corrected chi connectivity index (χ0v) is 16.4. The van der Waals surface area contributed by atoms with Crippen molar-refractivity contribution < 1.29 is 9.21 Å². The molecule has 0 aliphatic heterocycles. The molecule has 0 saturated heterocycles. The van der Waals surface area contributed by atoms with Crippen LogP contribution in [0.4, 0.5) is 5.69 Å². The molecule has 1 heterocycles. The van der Waals surface area contributed by atoms with Crippen molar-refractivity contribution in [1.82, 2.24) is 9.88 Å². The summed E-state index contributed by atoms with van der Waals surface area (Å²) in [6.07, 6.45) is 0. The van der Waals surface area contributed by atoms with Gasteiger partial charge >= 0.3 is 0 Å². The van der Waals surface area contributed by atoms with E-state index < -0.39 is 0 Å². The number of aromatic nitrogens is 1. The third-order valence-electron chi connectivity index (χ3n) is 4.71. The summed E-state index contributed by atoms with van der Waals surface area (Å²) in [6.45, 7) is 9.82. The first-order valence-electron chi connectivity index (χ1n) is 9.53. The minimum Gasteiger partial charge on any atom is -0.440 e. The molecule has 5 nitrogen and oxygen atoms in total. The number of hydrogen-bond acceptors (Lipinski definition) is 4. The van der Waals surface area contributed by atoms with Gasteiger partial charge in [0.25, 0.3) is 0 Å². The fourth-order valence-electron chi connectivity index (χ4n) is 3.23. The van der Waals surface area contributed by atoms with E-state index in [2.05, 4.69) is 29.0 Å². The number of fused-ring (bicyclic) bond motifs is 1. The van der Waals surface area contributed by atoms with E-state index in [1.807, 2.05) is 62.4 Å². The Labute approximate surface area is 160 Å². The molecule has 1 unspecified atom stereocenters. The van der Waals surface area contributed by atoms with Gasteiger partial charge in [-0.05, 0) is 36.9 Å². The lowest BCUT2D eigenvalue weighted by molar-refractivity contribution is -0.121. The number of hydrogen-bond donors (Lipinski definition) is 1. The fourth-order valence-corrected chi connectivity index (χ4v) is 3.23. The average molecular weight is 365 g/mol. The van der Waals surface area contributed by atoms with E-state index in [-0.39, 0.29) is 17.9 Å². The Kier molecular flexibility index (Phi) is 5.91. The number of benzene rings is 2. The second-order valence-electron chi connectivity index (χ2n) is 6.91. The van der Waals surface area contributed by atoms with Crippen LogP contribution in [0.1, 0.15) is 51.1 Å². The van der Waals surface area contributed by atoms with Gasteiger partial charge in [-0.15, -0.1) is 0 Å². The molecular weight excluding hydrogens is 338 g/mol. The Hall–Kier alpha value is -2.66. The molecule has 0 bridgehead atoms. The van der Waals surface area contributed by atoms with Gasteiger partial charge in [0, 0.05) is 11.6 Å². The molecule has 1 aromatic heterocycles. The lowest BCUT2D eigenvalue weighted by Crippen LogP contribution is -2.37. The van der Waals surface area contributed by atoms with Crippen molar-refractivity contribution in [3.63, 3.8) is 0 Å². The molecule has 0 radical (unpaired) electrons. The van der Waals surface area contributed by atoms with Gasteiger partial charge in [0.05, 0.1) is 0 Å². The first-order valence-corrected chi connectivity index (χ1v) is 9.53. The Morgan fingerprint density at radius 2 is 1.81 bits per heavy atom. The van der Waals surface area contributed by atoms with Crippen LogP contribution in [0.3, 0.4) is 0 Å². The lowest BCUT2D eigenvalue weighted by atomic mass is 10.0. The maximum atomic E-state index is 13.1. The van der Waals surface area contributed by atoms with E-state index in [1.165, 1.54) is 0 Å². The Morgan fingerprint density at radius 1 is 1.11 bits per heavy atom. The molecule has 0 saturated carbocycles. The summed E-state index contributed by atoms with van der Waals surface area (Å²) in [5.41, 5.74) is 3.21. The van der Waals surface area contributed by atoms with Crippen LogP contribution in [0, 0.1) is 0 Å². The second kappa shape index (κ2) is 8.35. The number of nitrogens with zero attached hydrogens (tertiary/aromatic N) is 2. The van der Waals surface area contributed by atoms with E-state index in [9.17, 15) is 4.79 Å². The van der Waals surface area contributed by atoms with Crippen molar-refractivity contribution >= 4 is 22.7 Å². The van der Waals surface area contributed by atoms with Gasteiger partial charge in [-0.2, -0.15) is 0 Å². The van der Waals surface area contributed by atoms with Crippen LogP contribution in [-0.4, -0.2) is 28.9 Å². The van der Waals surface area contributed by atoms with E-state index in [4.69, 9.17) is 4.42 Å². The average Bonchev–Trinajstić information content (AvgIpc) is 3.10. The van der Waals surface area contributed by atoms with E-state index in [0.717, 1.165) is 35.4 Å². The van der Waals surface area contributed by atoms with Crippen molar-refractivity contribution in [2.45, 2.75) is 39.7 Å². The summed E-state index contributed by atoms with van der Waals surface area (Å²) < 4.78 is 5.75. The molecule has 0 aliphatic carbocycles. The van der Waals surface area contributed by atoms with Crippen LogP contribution in [-0.2, 0) is 4.79 Å². The van der Waals surface area contributed by atoms with Crippen molar-refractivity contribution in [3.8, 4) is 0 Å². The highest BCUT2D eigenvalue weighted by Crippen LogP contribution is 2.26. The molecule has 1 N–H and O–H groups in total. The SMILES string of the molecule is CCN(CC)C(C(=O)Nc1ccc2oc(C(C)C)nc2c1)c1ccccc1. The number of carbonyl (C=O) groups excluding carboxylic acids is 1. The molecule has 3 aromatic rings. The molecule has 0 spiro atoms. The summed E-state index contributed by atoms with van der Waals surface area (Å²) >= 11 is 0. The van der Waals surface area contributed by atoms with Crippen LogP contribution in [0.2, 0.25) is 0 Å². The molecular formula is C22H27N3O2. The third kappa shape index (κ3) is 4.19. The number of oxazole rings is 1. The fraction of sp³-hybridized carbons (Fsp3) is 0.364. The Balaban J connectivity index is 1.87. The van der Waals surface area contributed by atoms with Gasteiger partial charge in [0.15, 0.2) is 11.5 Å². The minimum atomic E-state index is -0.333. The summed E-state index contributed by atoms with van der Waals surface area (Å²) in [7, 11) is 0. The highest BCUT2D eigenvalue weighted by atomic mass is 16.3. The molecule has 3 rings (SSSR count). The zero-order valence-electron chi connectivity index (χ0n) is 16.4. The standard InChI is InChI=1S/C22H27N3O2/c1-5-25(6-2)20(16-10-8-7-9-11-16)21(26)23-17-12-13-19-18(14-17)24-22(27-19)15(3)4/h7-15,20H,5-6H2,1-4H3,(H,23,26). The maximum absolute atomic E-state index is 13.1. The van der Waals surface area contributed by atoms with Crippen LogP contribution < -0.4 is 5.32 Å². The van der Waals surface area contributed by atoms with Gasteiger partial charge in [-0.1, -0.05) is 58.0 Å². The number of anilines is 1. The molecule has 27 heavy (non-hydrogen) atoms. The zero-order chi connectivity index (χ0) is 19.4. The summed E-state index contributed by atoms with van der Waals surface area (Å²) in [5, 5.41) is 3.06. The summed E-state index contributed by atoms with van der Waals surface area (Å²) in [5.74, 6) is 0.885. The van der Waals surface area contributed by atoms with Crippen LogP contribution in [0.5, 0.6) is 0 Å². The summed E-state index contributed by atoms with van der Waals surface area (Å²) in [6, 6.07) is 15.1. The molecule has 2 aromatic carbocycles. The van der Waals surface area contributed by atoms with Gasteiger partial charge in [0.2, 0.25) is 5.91 Å². The van der Waals surface area contributed by atoms with Crippen molar-refractivity contribution in [2.75, 3.05) is 18.4 Å². The number of nitrogens with one attached hydrogen (secondary N) is 1. The number of carbonyl (C=O) groups is 1. The van der Waals surface area contributed by atoms with Gasteiger partial charge in [-0.3, -0.25) is 9.69 Å². The monoisotopic (exact) mass is 365 g/mol. The highest BCUT2D eigenvalue weighted by molar-refractivity contribution is 5.96. The Bertz CT molecular complexity index is 898. The van der Waals surface area contributed by atoms with E-state index >= 15 is 0 Å². The van der Waals surface area contributed by atoms with Crippen LogP contribution in [0.25, 0.3) is 11.1 Å². The van der Waals surface area contributed by atoms with Gasteiger partial charge < -0.3 is 9.73 Å². The summed E-state index contributed by atoms with van der Waals surface area (Å²) in [4.78, 5) is 19.8. The molecule has 142 valence electrons. The predicted octanol–water partition coefficient (Wildman–Crippen LogP) is 4.97. The highest BCUT2D eigenvalue weighted by Gasteiger charge is 2.26. The number of likely N-dealkylation sites (N-methyl/N-ethyl adjacent to an activating group) is 1. The van der Waals surface area contributed by atoms with Crippen LogP contribution in [0.15, 0.2) is 52.9 Å².